The Balaban J connectivity index is 1.79. The summed E-state index contributed by atoms with van der Waals surface area (Å²) in [7, 11) is 0. The number of alkyl halides is 3. The number of hydrogen-bond acceptors (Lipinski definition) is 3. The normalized spacial score (nSPS) is 19.7. The third-order valence-corrected chi connectivity index (χ3v) is 3.92. The number of aromatic amines is 1. The lowest BCUT2D eigenvalue weighted by Gasteiger charge is -2.15. The molecule has 1 aliphatic rings. The Morgan fingerprint density at radius 3 is 2.59 bits per heavy atom. The summed E-state index contributed by atoms with van der Waals surface area (Å²) in [4.78, 5) is 2.23. The number of aromatic nitrogens is 2. The van der Waals surface area contributed by atoms with Crippen molar-refractivity contribution in [1.82, 2.24) is 15.1 Å². The van der Waals surface area contributed by atoms with E-state index >= 15 is 0 Å². The van der Waals surface area contributed by atoms with Gasteiger partial charge in [0.1, 0.15) is 0 Å². The van der Waals surface area contributed by atoms with Crippen LogP contribution in [0.15, 0.2) is 30.5 Å². The Morgan fingerprint density at radius 1 is 1.27 bits per heavy atom. The minimum absolute atomic E-state index is 0.196. The molecule has 3 N–H and O–H groups in total. The molecular weight excluding hydrogens is 293 g/mol. The highest BCUT2D eigenvalue weighted by molar-refractivity contribution is 5.63. The largest absolute Gasteiger partial charge is 0.416 e. The summed E-state index contributed by atoms with van der Waals surface area (Å²) in [5, 5.41) is 6.90. The van der Waals surface area contributed by atoms with E-state index in [1.807, 2.05) is 0 Å². The third-order valence-electron chi connectivity index (χ3n) is 3.92. The van der Waals surface area contributed by atoms with Gasteiger partial charge in [0.25, 0.3) is 0 Å². The molecule has 1 aliphatic heterocycles. The molecule has 0 aliphatic carbocycles. The Hall–Kier alpha value is -1.86. The average molecular weight is 310 g/mol. The second-order valence-electron chi connectivity index (χ2n) is 5.63. The van der Waals surface area contributed by atoms with Crippen molar-refractivity contribution in [2.45, 2.75) is 25.2 Å². The number of halogens is 3. The molecule has 22 heavy (non-hydrogen) atoms. The van der Waals surface area contributed by atoms with Gasteiger partial charge in [0, 0.05) is 31.2 Å². The zero-order valence-electron chi connectivity index (χ0n) is 11.9. The van der Waals surface area contributed by atoms with Crippen molar-refractivity contribution in [2.75, 3.05) is 13.1 Å². The van der Waals surface area contributed by atoms with Crippen molar-refractivity contribution in [3.05, 3.63) is 41.6 Å². The first-order valence-corrected chi connectivity index (χ1v) is 7.11. The smallest absolute Gasteiger partial charge is 0.326 e. The van der Waals surface area contributed by atoms with E-state index in [1.165, 1.54) is 12.1 Å². The van der Waals surface area contributed by atoms with Crippen molar-refractivity contribution in [3.8, 4) is 11.3 Å². The summed E-state index contributed by atoms with van der Waals surface area (Å²) >= 11 is 0. The maximum absolute atomic E-state index is 12.6. The van der Waals surface area contributed by atoms with Crippen LogP contribution in [0, 0.1) is 0 Å². The van der Waals surface area contributed by atoms with E-state index in [0.717, 1.165) is 42.9 Å². The summed E-state index contributed by atoms with van der Waals surface area (Å²) in [6.07, 6.45) is -1.63. The quantitative estimate of drug-likeness (QED) is 0.916. The molecule has 0 bridgehead atoms. The predicted octanol–water partition coefficient (Wildman–Crippen LogP) is 2.63. The minimum Gasteiger partial charge on any atom is -0.326 e. The van der Waals surface area contributed by atoms with Crippen LogP contribution in [-0.4, -0.2) is 34.2 Å². The fourth-order valence-electron chi connectivity index (χ4n) is 2.75. The van der Waals surface area contributed by atoms with Gasteiger partial charge in [-0.3, -0.25) is 10.00 Å². The van der Waals surface area contributed by atoms with E-state index in [2.05, 4.69) is 15.1 Å². The Labute approximate surface area is 126 Å². The lowest BCUT2D eigenvalue weighted by Crippen LogP contribution is -2.26. The molecule has 0 amide bonds. The Kier molecular flexibility index (Phi) is 3.92. The van der Waals surface area contributed by atoms with Gasteiger partial charge in [-0.1, -0.05) is 12.1 Å². The molecule has 2 aromatic rings. The van der Waals surface area contributed by atoms with Crippen molar-refractivity contribution in [1.29, 1.82) is 0 Å². The van der Waals surface area contributed by atoms with Gasteiger partial charge in [0.15, 0.2) is 0 Å². The fraction of sp³-hybridized carbons (Fsp3) is 0.400. The number of nitrogens with two attached hydrogens (primary N) is 1. The third kappa shape index (κ3) is 3.15. The fourth-order valence-corrected chi connectivity index (χ4v) is 2.75. The summed E-state index contributed by atoms with van der Waals surface area (Å²) in [6.45, 7) is 2.46. The molecule has 1 atom stereocenters. The number of hydrogen-bond donors (Lipinski definition) is 2. The van der Waals surface area contributed by atoms with Crippen LogP contribution in [0.5, 0.6) is 0 Å². The van der Waals surface area contributed by atoms with Gasteiger partial charge < -0.3 is 5.73 Å². The zero-order valence-corrected chi connectivity index (χ0v) is 11.9. The molecule has 0 unspecified atom stereocenters. The van der Waals surface area contributed by atoms with E-state index in [-0.39, 0.29) is 6.04 Å². The number of rotatable bonds is 3. The lowest BCUT2D eigenvalue weighted by atomic mass is 10.1. The second-order valence-corrected chi connectivity index (χ2v) is 5.63. The molecule has 0 saturated carbocycles. The Bertz CT molecular complexity index is 633. The molecule has 3 rings (SSSR count). The number of likely N-dealkylation sites (tertiary alicyclic amines) is 1. The maximum Gasteiger partial charge on any atom is 0.416 e. The average Bonchev–Trinajstić information content (AvgIpc) is 3.08. The van der Waals surface area contributed by atoms with Crippen LogP contribution in [-0.2, 0) is 12.7 Å². The van der Waals surface area contributed by atoms with Gasteiger partial charge >= 0.3 is 6.18 Å². The SMILES string of the molecule is N[C@@H]1CCN(Cc2cn[nH]c2-c2ccc(C(F)(F)F)cc2)C1. The molecule has 4 nitrogen and oxygen atoms in total. The summed E-state index contributed by atoms with van der Waals surface area (Å²) in [6, 6.07) is 5.31. The number of nitrogens with one attached hydrogen (secondary N) is 1. The maximum atomic E-state index is 12.6. The van der Waals surface area contributed by atoms with Crippen LogP contribution in [0.1, 0.15) is 17.5 Å². The van der Waals surface area contributed by atoms with Crippen molar-refractivity contribution < 1.29 is 13.2 Å². The molecular formula is C15H17F3N4. The van der Waals surface area contributed by atoms with Crippen LogP contribution in [0.4, 0.5) is 13.2 Å². The summed E-state index contributed by atoms with van der Waals surface area (Å²) < 4.78 is 37.8. The first kappa shape index (κ1) is 15.1. The number of nitrogens with zero attached hydrogens (tertiary/aromatic N) is 2. The van der Waals surface area contributed by atoms with Crippen LogP contribution in [0.3, 0.4) is 0 Å². The molecule has 0 spiro atoms. The van der Waals surface area contributed by atoms with E-state index in [0.29, 0.717) is 12.1 Å². The summed E-state index contributed by atoms with van der Waals surface area (Å²) in [5.74, 6) is 0. The molecule has 1 aromatic carbocycles. The molecule has 118 valence electrons. The molecule has 2 heterocycles. The highest BCUT2D eigenvalue weighted by Gasteiger charge is 2.30. The number of H-pyrrole nitrogens is 1. The van der Waals surface area contributed by atoms with Gasteiger partial charge in [-0.05, 0) is 24.1 Å². The molecule has 0 radical (unpaired) electrons. The molecule has 1 fully saturated rings. The van der Waals surface area contributed by atoms with E-state index in [4.69, 9.17) is 5.73 Å². The highest BCUT2D eigenvalue weighted by atomic mass is 19.4. The highest BCUT2D eigenvalue weighted by Crippen LogP contribution is 2.31. The standard InChI is InChI=1S/C15H17F3N4/c16-15(17,18)12-3-1-10(2-4-12)14-11(7-20-21-14)8-22-6-5-13(19)9-22/h1-4,7,13H,5-6,8-9,19H2,(H,20,21)/t13-/m1/s1. The zero-order chi connectivity index (χ0) is 15.7. The minimum atomic E-state index is -4.32. The molecule has 7 heteroatoms. The van der Waals surface area contributed by atoms with Crippen molar-refractivity contribution >= 4 is 0 Å². The van der Waals surface area contributed by atoms with Crippen molar-refractivity contribution in [2.24, 2.45) is 5.73 Å². The van der Waals surface area contributed by atoms with Gasteiger partial charge in [-0.2, -0.15) is 18.3 Å². The van der Waals surface area contributed by atoms with E-state index < -0.39 is 11.7 Å². The lowest BCUT2D eigenvalue weighted by molar-refractivity contribution is -0.137. The monoisotopic (exact) mass is 310 g/mol. The second kappa shape index (κ2) is 5.73. The topological polar surface area (TPSA) is 57.9 Å². The predicted molar refractivity (Wildman–Crippen MR) is 76.9 cm³/mol. The molecule has 1 saturated heterocycles. The van der Waals surface area contributed by atoms with Gasteiger partial charge in [0.2, 0.25) is 0 Å². The van der Waals surface area contributed by atoms with Gasteiger partial charge in [-0.25, -0.2) is 0 Å². The van der Waals surface area contributed by atoms with Crippen LogP contribution in [0.2, 0.25) is 0 Å². The Morgan fingerprint density at radius 2 is 2.00 bits per heavy atom. The first-order valence-electron chi connectivity index (χ1n) is 7.11. The van der Waals surface area contributed by atoms with E-state index in [1.54, 1.807) is 6.20 Å². The van der Waals surface area contributed by atoms with Crippen LogP contribution >= 0.6 is 0 Å². The number of benzene rings is 1. The van der Waals surface area contributed by atoms with Crippen LogP contribution < -0.4 is 5.73 Å². The first-order chi connectivity index (χ1) is 10.4. The van der Waals surface area contributed by atoms with E-state index in [9.17, 15) is 13.2 Å². The summed E-state index contributed by atoms with van der Waals surface area (Å²) in [5.41, 5.74) is 7.66. The van der Waals surface area contributed by atoms with Crippen molar-refractivity contribution in [3.63, 3.8) is 0 Å². The molecule has 1 aromatic heterocycles. The van der Waals surface area contributed by atoms with Gasteiger partial charge in [0.05, 0.1) is 17.5 Å². The van der Waals surface area contributed by atoms with Crippen LogP contribution in [0.25, 0.3) is 11.3 Å². The van der Waals surface area contributed by atoms with Gasteiger partial charge in [-0.15, -0.1) is 0 Å².